The van der Waals surface area contributed by atoms with E-state index in [0.717, 1.165) is 18.2 Å². The van der Waals surface area contributed by atoms with E-state index in [4.69, 9.17) is 0 Å². The van der Waals surface area contributed by atoms with Gasteiger partial charge in [-0.1, -0.05) is 17.7 Å². The number of benzene rings is 2. The van der Waals surface area contributed by atoms with Crippen LogP contribution in [0.1, 0.15) is 21.5 Å². The van der Waals surface area contributed by atoms with Crippen molar-refractivity contribution in [1.82, 2.24) is 0 Å². The van der Waals surface area contributed by atoms with Crippen molar-refractivity contribution in [2.75, 3.05) is 0 Å². The summed E-state index contributed by atoms with van der Waals surface area (Å²) in [5, 5.41) is 0. The SMILES string of the molecule is Cc1ccc(F)c(C(=O)c2cccc(F)c2F)c1. The summed E-state index contributed by atoms with van der Waals surface area (Å²) in [5.41, 5.74) is -0.0736. The van der Waals surface area contributed by atoms with Gasteiger partial charge >= 0.3 is 0 Å². The van der Waals surface area contributed by atoms with Crippen LogP contribution < -0.4 is 0 Å². The van der Waals surface area contributed by atoms with Gasteiger partial charge in [0.2, 0.25) is 0 Å². The number of hydrogen-bond donors (Lipinski definition) is 0. The Morgan fingerprint density at radius 3 is 2.39 bits per heavy atom. The van der Waals surface area contributed by atoms with Gasteiger partial charge in [-0.15, -0.1) is 0 Å². The van der Waals surface area contributed by atoms with Crippen molar-refractivity contribution in [2.24, 2.45) is 0 Å². The zero-order chi connectivity index (χ0) is 13.3. The Balaban J connectivity index is 2.55. The normalized spacial score (nSPS) is 10.4. The highest BCUT2D eigenvalue weighted by molar-refractivity contribution is 6.09. The van der Waals surface area contributed by atoms with E-state index < -0.39 is 28.8 Å². The van der Waals surface area contributed by atoms with Crippen molar-refractivity contribution in [3.63, 3.8) is 0 Å². The molecule has 0 aliphatic heterocycles. The molecule has 2 rings (SSSR count). The summed E-state index contributed by atoms with van der Waals surface area (Å²) in [4.78, 5) is 11.9. The first-order valence-corrected chi connectivity index (χ1v) is 5.25. The van der Waals surface area contributed by atoms with Crippen LogP contribution in [0.4, 0.5) is 13.2 Å². The summed E-state index contributed by atoms with van der Waals surface area (Å²) < 4.78 is 40.0. The van der Waals surface area contributed by atoms with Crippen molar-refractivity contribution >= 4 is 5.78 Å². The van der Waals surface area contributed by atoms with Crippen LogP contribution in [0.3, 0.4) is 0 Å². The van der Waals surface area contributed by atoms with E-state index in [9.17, 15) is 18.0 Å². The molecule has 0 N–H and O–H groups in total. The maximum Gasteiger partial charge on any atom is 0.199 e. The molecule has 92 valence electrons. The summed E-state index contributed by atoms with van der Waals surface area (Å²) in [6, 6.07) is 7.16. The number of ketones is 1. The molecule has 0 heterocycles. The van der Waals surface area contributed by atoms with Crippen molar-refractivity contribution in [3.8, 4) is 0 Å². The minimum absolute atomic E-state index is 0.264. The zero-order valence-corrected chi connectivity index (χ0v) is 9.51. The van der Waals surface area contributed by atoms with Crippen molar-refractivity contribution in [1.29, 1.82) is 0 Å². The molecule has 2 aromatic carbocycles. The summed E-state index contributed by atoms with van der Waals surface area (Å²) in [7, 11) is 0. The van der Waals surface area contributed by atoms with Crippen LogP contribution in [0.5, 0.6) is 0 Å². The summed E-state index contributed by atoms with van der Waals surface area (Å²) >= 11 is 0. The number of carbonyl (C=O) groups excluding carboxylic acids is 1. The second kappa shape index (κ2) is 4.64. The monoisotopic (exact) mass is 250 g/mol. The molecule has 0 saturated heterocycles. The number of aryl methyl sites for hydroxylation is 1. The van der Waals surface area contributed by atoms with Gasteiger partial charge in [-0.05, 0) is 31.2 Å². The molecule has 0 aliphatic carbocycles. The maximum absolute atomic E-state index is 13.5. The smallest absolute Gasteiger partial charge is 0.199 e. The highest BCUT2D eigenvalue weighted by Gasteiger charge is 2.19. The predicted molar refractivity (Wildman–Crippen MR) is 60.9 cm³/mol. The molecule has 0 unspecified atom stereocenters. The van der Waals surface area contributed by atoms with Gasteiger partial charge in [-0.3, -0.25) is 4.79 Å². The van der Waals surface area contributed by atoms with Gasteiger partial charge < -0.3 is 0 Å². The van der Waals surface area contributed by atoms with Gasteiger partial charge in [0.25, 0.3) is 0 Å². The number of rotatable bonds is 2. The summed E-state index contributed by atoms with van der Waals surface area (Å²) in [5.74, 6) is -4.01. The Bertz CT molecular complexity index is 616. The maximum atomic E-state index is 13.5. The molecule has 2 aromatic rings. The zero-order valence-electron chi connectivity index (χ0n) is 9.51. The van der Waals surface area contributed by atoms with Crippen LogP contribution in [0.2, 0.25) is 0 Å². The Morgan fingerprint density at radius 2 is 1.67 bits per heavy atom. The van der Waals surface area contributed by atoms with E-state index in [1.54, 1.807) is 6.92 Å². The Morgan fingerprint density at radius 1 is 0.944 bits per heavy atom. The molecule has 0 spiro atoms. The van der Waals surface area contributed by atoms with E-state index in [1.165, 1.54) is 18.2 Å². The fourth-order valence-electron chi connectivity index (χ4n) is 1.64. The Hall–Kier alpha value is -2.10. The first kappa shape index (κ1) is 12.4. The molecule has 0 fully saturated rings. The van der Waals surface area contributed by atoms with Crippen LogP contribution in [0, 0.1) is 24.4 Å². The third-order valence-electron chi connectivity index (χ3n) is 2.56. The third-order valence-corrected chi connectivity index (χ3v) is 2.56. The lowest BCUT2D eigenvalue weighted by molar-refractivity contribution is 0.103. The third kappa shape index (κ3) is 2.14. The average molecular weight is 250 g/mol. The van der Waals surface area contributed by atoms with Gasteiger partial charge in [-0.2, -0.15) is 0 Å². The second-order valence-electron chi connectivity index (χ2n) is 3.91. The number of hydrogen-bond acceptors (Lipinski definition) is 1. The highest BCUT2D eigenvalue weighted by atomic mass is 19.2. The van der Waals surface area contributed by atoms with Crippen molar-refractivity contribution in [2.45, 2.75) is 6.92 Å². The molecule has 0 atom stereocenters. The van der Waals surface area contributed by atoms with E-state index >= 15 is 0 Å². The van der Waals surface area contributed by atoms with Crippen molar-refractivity contribution in [3.05, 3.63) is 70.5 Å². The molecular weight excluding hydrogens is 241 g/mol. The van der Waals surface area contributed by atoms with Gasteiger partial charge in [-0.25, -0.2) is 13.2 Å². The first-order valence-electron chi connectivity index (χ1n) is 5.25. The lowest BCUT2D eigenvalue weighted by atomic mass is 10.0. The van der Waals surface area contributed by atoms with Crippen LogP contribution in [0.25, 0.3) is 0 Å². The summed E-state index contributed by atoms with van der Waals surface area (Å²) in [6.45, 7) is 1.68. The van der Waals surface area contributed by atoms with Crippen molar-refractivity contribution < 1.29 is 18.0 Å². The number of halogens is 3. The van der Waals surface area contributed by atoms with E-state index in [-0.39, 0.29) is 5.56 Å². The molecule has 18 heavy (non-hydrogen) atoms. The molecular formula is C14H9F3O. The lowest BCUT2D eigenvalue weighted by Crippen LogP contribution is -2.08. The summed E-state index contributed by atoms with van der Waals surface area (Å²) in [6.07, 6.45) is 0. The average Bonchev–Trinajstić information content (AvgIpc) is 2.35. The van der Waals surface area contributed by atoms with Crippen LogP contribution in [-0.4, -0.2) is 5.78 Å². The van der Waals surface area contributed by atoms with E-state index in [0.29, 0.717) is 5.56 Å². The molecule has 0 saturated carbocycles. The van der Waals surface area contributed by atoms with Gasteiger partial charge in [0.1, 0.15) is 5.82 Å². The standard InChI is InChI=1S/C14H9F3O/c1-8-5-6-11(15)10(7-8)14(18)9-3-2-4-12(16)13(9)17/h2-7H,1H3. The van der Waals surface area contributed by atoms with Crippen LogP contribution >= 0.6 is 0 Å². The Labute approximate surface area is 102 Å². The van der Waals surface area contributed by atoms with E-state index in [2.05, 4.69) is 0 Å². The van der Waals surface area contributed by atoms with Crippen LogP contribution in [0.15, 0.2) is 36.4 Å². The lowest BCUT2D eigenvalue weighted by Gasteiger charge is -2.05. The minimum atomic E-state index is -1.26. The molecule has 4 heteroatoms. The first-order chi connectivity index (χ1) is 8.50. The number of carbonyl (C=O) groups is 1. The molecule has 0 bridgehead atoms. The van der Waals surface area contributed by atoms with Crippen LogP contribution in [-0.2, 0) is 0 Å². The fraction of sp³-hybridized carbons (Fsp3) is 0.0714. The topological polar surface area (TPSA) is 17.1 Å². The second-order valence-corrected chi connectivity index (χ2v) is 3.91. The molecule has 0 aromatic heterocycles. The highest BCUT2D eigenvalue weighted by Crippen LogP contribution is 2.19. The fourth-order valence-corrected chi connectivity index (χ4v) is 1.64. The predicted octanol–water partition coefficient (Wildman–Crippen LogP) is 3.64. The Kier molecular flexibility index (Phi) is 3.19. The molecule has 0 radical (unpaired) electrons. The van der Waals surface area contributed by atoms with Gasteiger partial charge in [0.15, 0.2) is 17.4 Å². The minimum Gasteiger partial charge on any atom is -0.288 e. The molecule has 1 nitrogen and oxygen atoms in total. The largest absolute Gasteiger partial charge is 0.288 e. The quantitative estimate of drug-likeness (QED) is 0.743. The molecule has 0 aliphatic rings. The molecule has 0 amide bonds. The van der Waals surface area contributed by atoms with Gasteiger partial charge in [0.05, 0.1) is 11.1 Å². The van der Waals surface area contributed by atoms with Gasteiger partial charge in [0, 0.05) is 0 Å². The van der Waals surface area contributed by atoms with E-state index in [1.807, 2.05) is 0 Å².